The molecule has 3 aromatic rings. The number of alkyl halides is 3. The molecule has 0 atom stereocenters. The molecule has 0 bridgehead atoms. The summed E-state index contributed by atoms with van der Waals surface area (Å²) < 4.78 is 58.1. The van der Waals surface area contributed by atoms with Gasteiger partial charge in [-0.05, 0) is 30.7 Å². The summed E-state index contributed by atoms with van der Waals surface area (Å²) in [5, 5.41) is 3.75. The van der Waals surface area contributed by atoms with Crippen LogP contribution in [0.3, 0.4) is 0 Å². The molecule has 0 saturated heterocycles. The van der Waals surface area contributed by atoms with Crippen molar-refractivity contribution < 1.29 is 22.3 Å². The molecule has 1 aromatic carbocycles. The van der Waals surface area contributed by atoms with Crippen molar-refractivity contribution in [2.24, 2.45) is 0 Å². The van der Waals surface area contributed by atoms with Gasteiger partial charge >= 0.3 is 6.18 Å². The van der Waals surface area contributed by atoms with Crippen LogP contribution in [0.1, 0.15) is 11.3 Å². The van der Waals surface area contributed by atoms with E-state index in [0.29, 0.717) is 11.6 Å². The minimum atomic E-state index is -4.65. The summed E-state index contributed by atoms with van der Waals surface area (Å²) in [6.07, 6.45) is -3.59. The van der Waals surface area contributed by atoms with E-state index >= 15 is 0 Å². The predicted molar refractivity (Wildman–Crippen MR) is 67.0 cm³/mol. The lowest BCUT2D eigenvalue weighted by molar-refractivity contribution is -0.141. The second kappa shape index (κ2) is 4.93. The molecular weight excluding hydrogens is 304 g/mol. The lowest BCUT2D eigenvalue weighted by Crippen LogP contribution is -2.11. The molecule has 0 unspecified atom stereocenters. The largest absolute Gasteiger partial charge is 0.439 e. The average Bonchev–Trinajstić information content (AvgIpc) is 2.90. The maximum Gasteiger partial charge on any atom is 0.433 e. The molecule has 0 saturated carbocycles. The molecule has 2 aromatic heterocycles. The van der Waals surface area contributed by atoms with Crippen LogP contribution in [0.25, 0.3) is 5.78 Å². The molecule has 0 aliphatic heterocycles. The fourth-order valence-corrected chi connectivity index (χ4v) is 1.80. The Bertz CT molecular complexity index is 844. The van der Waals surface area contributed by atoms with Crippen LogP contribution in [0.4, 0.5) is 17.6 Å². The SMILES string of the molecule is Cc1cc(Oc2cc(C(F)(F)F)nc3ncnn23)ccc1F. The molecule has 0 aliphatic rings. The fourth-order valence-electron chi connectivity index (χ4n) is 1.80. The molecule has 3 rings (SSSR count). The molecule has 0 fully saturated rings. The third-order valence-corrected chi connectivity index (χ3v) is 2.86. The van der Waals surface area contributed by atoms with Gasteiger partial charge in [0.15, 0.2) is 5.69 Å². The third-order valence-electron chi connectivity index (χ3n) is 2.86. The molecule has 0 aliphatic carbocycles. The minimum absolute atomic E-state index is 0.176. The van der Waals surface area contributed by atoms with Gasteiger partial charge in [-0.1, -0.05) is 0 Å². The Morgan fingerprint density at radius 3 is 2.64 bits per heavy atom. The van der Waals surface area contributed by atoms with Gasteiger partial charge in [-0.15, -0.1) is 0 Å². The number of nitrogens with zero attached hydrogens (tertiary/aromatic N) is 4. The van der Waals surface area contributed by atoms with Crippen LogP contribution in [0.15, 0.2) is 30.6 Å². The van der Waals surface area contributed by atoms with E-state index in [2.05, 4.69) is 15.1 Å². The van der Waals surface area contributed by atoms with Crippen molar-refractivity contribution in [2.75, 3.05) is 0 Å². The summed E-state index contributed by atoms with van der Waals surface area (Å²) in [6.45, 7) is 1.51. The van der Waals surface area contributed by atoms with Crippen LogP contribution >= 0.6 is 0 Å². The Morgan fingerprint density at radius 1 is 1.18 bits per heavy atom. The van der Waals surface area contributed by atoms with Gasteiger partial charge in [-0.25, -0.2) is 9.37 Å². The summed E-state index contributed by atoms with van der Waals surface area (Å²) in [6, 6.07) is 4.54. The van der Waals surface area contributed by atoms with Crippen molar-refractivity contribution in [2.45, 2.75) is 13.1 Å². The number of hydrogen-bond donors (Lipinski definition) is 0. The number of benzene rings is 1. The van der Waals surface area contributed by atoms with Gasteiger partial charge in [0.1, 0.15) is 17.9 Å². The molecule has 0 radical (unpaired) electrons. The maximum absolute atomic E-state index is 13.2. The van der Waals surface area contributed by atoms with Crippen molar-refractivity contribution in [1.82, 2.24) is 19.6 Å². The molecule has 114 valence electrons. The van der Waals surface area contributed by atoms with E-state index in [4.69, 9.17) is 4.74 Å². The first-order chi connectivity index (χ1) is 10.3. The zero-order chi connectivity index (χ0) is 15.9. The molecular formula is C13H8F4N4O. The highest BCUT2D eigenvalue weighted by atomic mass is 19.4. The van der Waals surface area contributed by atoms with Crippen molar-refractivity contribution in [3.05, 3.63) is 47.7 Å². The van der Waals surface area contributed by atoms with Crippen LogP contribution in [0.5, 0.6) is 11.6 Å². The number of ether oxygens (including phenoxy) is 1. The maximum atomic E-state index is 13.2. The quantitative estimate of drug-likeness (QED) is 0.681. The normalized spacial score (nSPS) is 11.9. The van der Waals surface area contributed by atoms with E-state index in [0.717, 1.165) is 16.9 Å². The summed E-state index contributed by atoms with van der Waals surface area (Å²) >= 11 is 0. The molecule has 0 N–H and O–H groups in total. The summed E-state index contributed by atoms with van der Waals surface area (Å²) in [4.78, 5) is 6.99. The van der Waals surface area contributed by atoms with E-state index in [1.54, 1.807) is 0 Å². The Hall–Kier alpha value is -2.71. The fraction of sp³-hybridized carbons (Fsp3) is 0.154. The van der Waals surface area contributed by atoms with Crippen LogP contribution in [0, 0.1) is 12.7 Å². The monoisotopic (exact) mass is 312 g/mol. The van der Waals surface area contributed by atoms with E-state index < -0.39 is 17.7 Å². The Morgan fingerprint density at radius 2 is 1.95 bits per heavy atom. The van der Waals surface area contributed by atoms with Crippen LogP contribution in [-0.2, 0) is 6.18 Å². The van der Waals surface area contributed by atoms with E-state index in [9.17, 15) is 17.6 Å². The molecule has 9 heteroatoms. The smallest absolute Gasteiger partial charge is 0.433 e. The lowest BCUT2D eigenvalue weighted by Gasteiger charge is -2.11. The highest BCUT2D eigenvalue weighted by Gasteiger charge is 2.34. The van der Waals surface area contributed by atoms with Crippen LogP contribution < -0.4 is 4.74 Å². The van der Waals surface area contributed by atoms with Gasteiger partial charge in [0.05, 0.1) is 0 Å². The van der Waals surface area contributed by atoms with Gasteiger partial charge < -0.3 is 4.74 Å². The van der Waals surface area contributed by atoms with Gasteiger partial charge in [0.25, 0.3) is 5.78 Å². The van der Waals surface area contributed by atoms with Gasteiger partial charge in [-0.2, -0.15) is 27.8 Å². The van der Waals surface area contributed by atoms with E-state index in [-0.39, 0.29) is 17.4 Å². The Labute approximate surface area is 121 Å². The summed E-state index contributed by atoms with van der Waals surface area (Å²) in [5.41, 5.74) is -0.848. The zero-order valence-corrected chi connectivity index (χ0v) is 11.1. The number of rotatable bonds is 2. The highest BCUT2D eigenvalue weighted by Crippen LogP contribution is 2.31. The van der Waals surface area contributed by atoms with Gasteiger partial charge in [-0.3, -0.25) is 0 Å². The number of fused-ring (bicyclic) bond motifs is 1. The summed E-state index contributed by atoms with van der Waals surface area (Å²) in [7, 11) is 0. The number of aryl methyl sites for hydroxylation is 1. The van der Waals surface area contributed by atoms with Crippen molar-refractivity contribution >= 4 is 5.78 Å². The van der Waals surface area contributed by atoms with Gasteiger partial charge in [0, 0.05) is 6.07 Å². The van der Waals surface area contributed by atoms with Gasteiger partial charge in [0.2, 0.25) is 5.88 Å². The number of aromatic nitrogens is 4. The highest BCUT2D eigenvalue weighted by molar-refractivity contribution is 5.38. The van der Waals surface area contributed by atoms with Crippen LogP contribution in [0.2, 0.25) is 0 Å². The second-order valence-electron chi connectivity index (χ2n) is 4.46. The lowest BCUT2D eigenvalue weighted by atomic mass is 10.2. The molecule has 0 amide bonds. The third kappa shape index (κ3) is 2.57. The van der Waals surface area contributed by atoms with Crippen molar-refractivity contribution in [3.63, 3.8) is 0 Å². The first-order valence-corrected chi connectivity index (χ1v) is 6.06. The first-order valence-electron chi connectivity index (χ1n) is 6.06. The first kappa shape index (κ1) is 14.2. The zero-order valence-electron chi connectivity index (χ0n) is 11.1. The number of hydrogen-bond acceptors (Lipinski definition) is 4. The van der Waals surface area contributed by atoms with Crippen LogP contribution in [-0.4, -0.2) is 19.6 Å². The average molecular weight is 312 g/mol. The Balaban J connectivity index is 2.08. The molecule has 22 heavy (non-hydrogen) atoms. The number of halogens is 4. The van der Waals surface area contributed by atoms with Crippen molar-refractivity contribution in [1.29, 1.82) is 0 Å². The Kier molecular flexibility index (Phi) is 3.19. The topological polar surface area (TPSA) is 52.3 Å². The van der Waals surface area contributed by atoms with E-state index in [1.807, 2.05) is 0 Å². The standard InChI is InChI=1S/C13H8F4N4O/c1-7-4-8(2-3-9(7)14)22-11-5-10(13(15,16)17)20-12-18-6-19-21(11)12/h2-6H,1H3. The molecule has 5 nitrogen and oxygen atoms in total. The second-order valence-corrected chi connectivity index (χ2v) is 4.46. The summed E-state index contributed by atoms with van der Waals surface area (Å²) in [5.74, 6) is -0.733. The minimum Gasteiger partial charge on any atom is -0.439 e. The van der Waals surface area contributed by atoms with Crippen molar-refractivity contribution in [3.8, 4) is 11.6 Å². The predicted octanol–water partition coefficient (Wildman–Crippen LogP) is 3.38. The molecule has 2 heterocycles. The van der Waals surface area contributed by atoms with E-state index in [1.165, 1.54) is 19.1 Å². The molecule has 0 spiro atoms.